The highest BCUT2D eigenvalue weighted by Crippen LogP contribution is 2.31. The lowest BCUT2D eigenvalue weighted by molar-refractivity contribution is -0.384. The molecule has 134 valence electrons. The number of anilines is 3. The van der Waals surface area contributed by atoms with Crippen LogP contribution in [0.4, 0.5) is 27.5 Å². The van der Waals surface area contributed by atoms with E-state index in [4.69, 9.17) is 5.73 Å². The van der Waals surface area contributed by atoms with E-state index in [1.54, 1.807) is 18.2 Å². The summed E-state index contributed by atoms with van der Waals surface area (Å²) in [7, 11) is 0. The van der Waals surface area contributed by atoms with E-state index in [2.05, 4.69) is 16.0 Å². The van der Waals surface area contributed by atoms with E-state index in [1.807, 2.05) is 0 Å². The molecule has 5 N–H and O–H groups in total. The molecule has 1 saturated carbocycles. The van der Waals surface area contributed by atoms with E-state index in [1.165, 1.54) is 24.3 Å². The number of primary amides is 1. The Balaban J connectivity index is 1.78. The van der Waals surface area contributed by atoms with Crippen LogP contribution in [0.15, 0.2) is 42.5 Å². The van der Waals surface area contributed by atoms with Crippen LogP contribution in [0.2, 0.25) is 0 Å². The quantitative estimate of drug-likeness (QED) is 0.466. The van der Waals surface area contributed by atoms with Gasteiger partial charge in [-0.2, -0.15) is 0 Å². The van der Waals surface area contributed by atoms with Gasteiger partial charge in [-0.1, -0.05) is 6.07 Å². The van der Waals surface area contributed by atoms with Crippen LogP contribution >= 0.6 is 0 Å². The van der Waals surface area contributed by atoms with Gasteiger partial charge in [0, 0.05) is 29.0 Å². The van der Waals surface area contributed by atoms with Crippen LogP contribution in [0, 0.1) is 10.1 Å². The molecule has 2 aromatic rings. The number of rotatable bonds is 6. The van der Waals surface area contributed by atoms with Gasteiger partial charge in [-0.15, -0.1) is 0 Å². The molecular weight excluding hydrogens is 338 g/mol. The average molecular weight is 355 g/mol. The summed E-state index contributed by atoms with van der Waals surface area (Å²) in [6.07, 6.45) is 1.96. The van der Waals surface area contributed by atoms with Crippen LogP contribution in [0.3, 0.4) is 0 Å². The van der Waals surface area contributed by atoms with Gasteiger partial charge in [0.2, 0.25) is 0 Å². The molecule has 2 aromatic carbocycles. The minimum atomic E-state index is -0.720. The van der Waals surface area contributed by atoms with Crippen molar-refractivity contribution in [2.45, 2.75) is 18.9 Å². The van der Waals surface area contributed by atoms with Gasteiger partial charge in [-0.05, 0) is 43.2 Å². The summed E-state index contributed by atoms with van der Waals surface area (Å²) in [5.41, 5.74) is 6.32. The fourth-order valence-corrected chi connectivity index (χ4v) is 2.41. The number of hydrogen-bond donors (Lipinski definition) is 4. The van der Waals surface area contributed by atoms with Crippen molar-refractivity contribution in [3.63, 3.8) is 0 Å². The molecule has 0 radical (unpaired) electrons. The summed E-state index contributed by atoms with van der Waals surface area (Å²) >= 11 is 0. The first-order valence-electron chi connectivity index (χ1n) is 7.95. The van der Waals surface area contributed by atoms with Crippen molar-refractivity contribution in [3.8, 4) is 0 Å². The van der Waals surface area contributed by atoms with Crippen molar-refractivity contribution in [2.75, 3.05) is 16.0 Å². The van der Waals surface area contributed by atoms with Crippen molar-refractivity contribution >= 4 is 34.7 Å². The SMILES string of the molecule is NC(=O)Nc1cccc(NC(=O)c2ccc(NC3CC3)c([N+](=O)[O-])c2)c1. The van der Waals surface area contributed by atoms with Crippen LogP contribution in [0.1, 0.15) is 23.2 Å². The van der Waals surface area contributed by atoms with Gasteiger partial charge in [0.25, 0.3) is 11.6 Å². The van der Waals surface area contributed by atoms with Crippen molar-refractivity contribution in [1.29, 1.82) is 0 Å². The predicted octanol–water partition coefficient (Wildman–Crippen LogP) is 2.91. The van der Waals surface area contributed by atoms with E-state index in [9.17, 15) is 19.7 Å². The molecule has 0 heterocycles. The third-order valence-corrected chi connectivity index (χ3v) is 3.78. The third-order valence-electron chi connectivity index (χ3n) is 3.78. The normalized spacial score (nSPS) is 12.9. The number of amides is 3. The second kappa shape index (κ2) is 7.09. The van der Waals surface area contributed by atoms with Crippen molar-refractivity contribution in [3.05, 3.63) is 58.1 Å². The molecule has 0 aliphatic heterocycles. The highest BCUT2D eigenvalue weighted by atomic mass is 16.6. The summed E-state index contributed by atoms with van der Waals surface area (Å²) in [6, 6.07) is 10.2. The molecule has 26 heavy (non-hydrogen) atoms. The topological polar surface area (TPSA) is 139 Å². The molecule has 0 spiro atoms. The van der Waals surface area contributed by atoms with E-state index < -0.39 is 16.9 Å². The van der Waals surface area contributed by atoms with Crippen LogP contribution in [0.25, 0.3) is 0 Å². The number of nitro groups is 1. The molecule has 1 aliphatic rings. The Labute approximate surface area is 148 Å². The number of urea groups is 1. The molecule has 9 nitrogen and oxygen atoms in total. The van der Waals surface area contributed by atoms with E-state index in [-0.39, 0.29) is 17.3 Å². The van der Waals surface area contributed by atoms with Crippen molar-refractivity contribution in [1.82, 2.24) is 0 Å². The maximum atomic E-state index is 12.4. The summed E-state index contributed by atoms with van der Waals surface area (Å²) < 4.78 is 0. The second-order valence-electron chi connectivity index (χ2n) is 5.93. The predicted molar refractivity (Wildman–Crippen MR) is 97.3 cm³/mol. The molecule has 9 heteroatoms. The number of hydrogen-bond acceptors (Lipinski definition) is 5. The third kappa shape index (κ3) is 4.26. The largest absolute Gasteiger partial charge is 0.377 e. The van der Waals surface area contributed by atoms with Crippen LogP contribution in [0.5, 0.6) is 0 Å². The highest BCUT2D eigenvalue weighted by Gasteiger charge is 2.25. The average Bonchev–Trinajstić information content (AvgIpc) is 3.38. The minimum Gasteiger partial charge on any atom is -0.377 e. The van der Waals surface area contributed by atoms with E-state index in [0.29, 0.717) is 17.1 Å². The monoisotopic (exact) mass is 355 g/mol. The lowest BCUT2D eigenvalue weighted by Gasteiger charge is -2.09. The Hall–Kier alpha value is -3.62. The summed E-state index contributed by atoms with van der Waals surface area (Å²) in [5, 5.41) is 19.4. The van der Waals surface area contributed by atoms with Crippen molar-refractivity contribution in [2.24, 2.45) is 5.73 Å². The molecule has 0 atom stereocenters. The Bertz CT molecular complexity index is 879. The molecule has 0 bridgehead atoms. The Morgan fingerprint density at radius 2 is 1.77 bits per heavy atom. The number of carbonyl (C=O) groups excluding carboxylic acids is 2. The summed E-state index contributed by atoms with van der Waals surface area (Å²) in [5.74, 6) is -0.498. The van der Waals surface area contributed by atoms with Crippen LogP contribution in [-0.2, 0) is 0 Å². The van der Waals surface area contributed by atoms with Gasteiger partial charge in [0.05, 0.1) is 4.92 Å². The van der Waals surface area contributed by atoms with Gasteiger partial charge >= 0.3 is 6.03 Å². The van der Waals surface area contributed by atoms with Gasteiger partial charge in [-0.3, -0.25) is 14.9 Å². The zero-order chi connectivity index (χ0) is 18.7. The zero-order valence-corrected chi connectivity index (χ0v) is 13.7. The molecular formula is C17H17N5O4. The van der Waals surface area contributed by atoms with Gasteiger partial charge in [0.1, 0.15) is 5.69 Å². The lowest BCUT2D eigenvalue weighted by atomic mass is 10.1. The first kappa shape index (κ1) is 17.2. The Morgan fingerprint density at radius 3 is 2.38 bits per heavy atom. The maximum absolute atomic E-state index is 12.4. The standard InChI is InChI=1S/C17H17N5O4/c18-17(24)21-13-3-1-2-12(9-13)20-16(23)10-4-7-14(19-11-5-6-11)15(8-10)22(25)26/h1-4,7-9,11,19H,5-6H2,(H,20,23)(H3,18,21,24). The number of nitro benzene ring substituents is 1. The molecule has 3 rings (SSSR count). The molecule has 0 saturated heterocycles. The molecule has 1 fully saturated rings. The van der Waals surface area contributed by atoms with Crippen LogP contribution in [-0.4, -0.2) is 22.9 Å². The fraction of sp³-hybridized carbons (Fsp3) is 0.176. The summed E-state index contributed by atoms with van der Waals surface area (Å²) in [4.78, 5) is 34.1. The Morgan fingerprint density at radius 1 is 1.08 bits per heavy atom. The number of nitrogens with zero attached hydrogens (tertiary/aromatic N) is 1. The van der Waals surface area contributed by atoms with Gasteiger partial charge in [0.15, 0.2) is 0 Å². The number of nitrogens with one attached hydrogen (secondary N) is 3. The molecule has 3 amide bonds. The minimum absolute atomic E-state index is 0.145. The van der Waals surface area contributed by atoms with Crippen LogP contribution < -0.4 is 21.7 Å². The Kier molecular flexibility index (Phi) is 4.70. The van der Waals surface area contributed by atoms with Gasteiger partial charge < -0.3 is 21.7 Å². The van der Waals surface area contributed by atoms with E-state index >= 15 is 0 Å². The second-order valence-corrected chi connectivity index (χ2v) is 5.93. The molecule has 0 aromatic heterocycles. The zero-order valence-electron chi connectivity index (χ0n) is 13.7. The maximum Gasteiger partial charge on any atom is 0.316 e. The summed E-state index contributed by atoms with van der Waals surface area (Å²) in [6.45, 7) is 0. The molecule has 1 aliphatic carbocycles. The highest BCUT2D eigenvalue weighted by molar-refractivity contribution is 6.05. The van der Waals surface area contributed by atoms with Gasteiger partial charge in [-0.25, -0.2) is 4.79 Å². The fourth-order valence-electron chi connectivity index (χ4n) is 2.41. The van der Waals surface area contributed by atoms with E-state index in [0.717, 1.165) is 12.8 Å². The first-order chi connectivity index (χ1) is 12.4. The molecule has 0 unspecified atom stereocenters. The lowest BCUT2D eigenvalue weighted by Crippen LogP contribution is -2.19. The van der Waals surface area contributed by atoms with Crippen molar-refractivity contribution < 1.29 is 14.5 Å². The first-order valence-corrected chi connectivity index (χ1v) is 7.95. The number of nitrogens with two attached hydrogens (primary N) is 1. The number of carbonyl (C=O) groups is 2. The smallest absolute Gasteiger partial charge is 0.316 e. The number of benzene rings is 2.